The van der Waals surface area contributed by atoms with Crippen LogP contribution in [0.4, 0.5) is 5.69 Å². The molecule has 2 atom stereocenters. The molecule has 9 nitrogen and oxygen atoms in total. The fourth-order valence-electron chi connectivity index (χ4n) is 6.34. The minimum absolute atomic E-state index is 0.0226. The van der Waals surface area contributed by atoms with E-state index in [4.69, 9.17) is 14.2 Å². The van der Waals surface area contributed by atoms with Gasteiger partial charge >= 0.3 is 5.97 Å². The number of piperidine rings is 1. The maximum atomic E-state index is 13.7. The number of amides is 1. The van der Waals surface area contributed by atoms with Gasteiger partial charge in [-0.15, -0.1) is 0 Å². The first-order valence-electron chi connectivity index (χ1n) is 15.4. The smallest absolute Gasteiger partial charge is 0.303 e. The lowest BCUT2D eigenvalue weighted by molar-refractivity contribution is -0.137. The molecule has 0 spiro atoms. The summed E-state index contributed by atoms with van der Waals surface area (Å²) in [6, 6.07) is 9.60. The fourth-order valence-corrected chi connectivity index (χ4v) is 6.34. The maximum absolute atomic E-state index is 13.7. The summed E-state index contributed by atoms with van der Waals surface area (Å²) in [6.07, 6.45) is 6.92. The largest absolute Gasteiger partial charge is 0.497 e. The van der Waals surface area contributed by atoms with Crippen LogP contribution in [0.2, 0.25) is 0 Å². The second kappa shape index (κ2) is 13.8. The Morgan fingerprint density at radius 1 is 1.10 bits per heavy atom. The number of carboxylic acid groups (broad SMARTS) is 1. The lowest BCUT2D eigenvalue weighted by atomic mass is 9.92. The minimum Gasteiger partial charge on any atom is -0.497 e. The Balaban J connectivity index is 1.20. The molecule has 0 bridgehead atoms. The number of carbonyl (C=O) groups excluding carboxylic acids is 1. The van der Waals surface area contributed by atoms with Gasteiger partial charge in [-0.3, -0.25) is 9.59 Å². The zero-order valence-electron chi connectivity index (χ0n) is 25.2. The van der Waals surface area contributed by atoms with Crippen LogP contribution >= 0.6 is 0 Å². The highest BCUT2D eigenvalue weighted by Gasteiger charge is 2.34. The van der Waals surface area contributed by atoms with Crippen molar-refractivity contribution < 1.29 is 28.9 Å². The van der Waals surface area contributed by atoms with Crippen molar-refractivity contribution in [3.63, 3.8) is 0 Å². The maximum Gasteiger partial charge on any atom is 0.303 e. The van der Waals surface area contributed by atoms with E-state index in [1.54, 1.807) is 13.3 Å². The van der Waals surface area contributed by atoms with Gasteiger partial charge in [-0.2, -0.15) is 0 Å². The SMILES string of the molecule is COc1ccc(C(=O)N2CCOC(CC(C)C)C2)c(N2CCC(COc3cc(C(CC(=O)O)C4CC4)ccn3)CC2)c1. The summed E-state index contributed by atoms with van der Waals surface area (Å²) >= 11 is 0. The number of aliphatic carboxylic acids is 1. The van der Waals surface area contributed by atoms with Gasteiger partial charge < -0.3 is 29.1 Å². The molecule has 2 aliphatic heterocycles. The van der Waals surface area contributed by atoms with Crippen molar-refractivity contribution in [1.29, 1.82) is 0 Å². The summed E-state index contributed by atoms with van der Waals surface area (Å²) in [5, 5.41) is 9.37. The lowest BCUT2D eigenvalue weighted by Gasteiger charge is -2.37. The standard InChI is InChI=1S/C33H45N3O6/c1-22(2)16-27-20-36(14-15-41-27)33(39)28-7-6-26(40-3)18-30(28)35-12-9-23(10-13-35)21-42-31-17-25(8-11-34-31)29(19-32(37)38)24-4-5-24/h6-8,11,17-18,22-24,27,29H,4-5,9-10,12-16,19-21H2,1-3H3,(H,37,38). The Morgan fingerprint density at radius 2 is 1.88 bits per heavy atom. The molecule has 1 amide bonds. The number of rotatable bonds is 12. The Bertz CT molecular complexity index is 1220. The van der Waals surface area contributed by atoms with Crippen LogP contribution in [0.1, 0.15) is 74.2 Å². The highest BCUT2D eigenvalue weighted by Crippen LogP contribution is 2.45. The highest BCUT2D eigenvalue weighted by molar-refractivity contribution is 6.00. The zero-order chi connectivity index (χ0) is 29.6. The summed E-state index contributed by atoms with van der Waals surface area (Å²) in [5.41, 5.74) is 2.64. The summed E-state index contributed by atoms with van der Waals surface area (Å²) in [6.45, 7) is 8.35. The van der Waals surface area contributed by atoms with Gasteiger partial charge in [0.2, 0.25) is 5.88 Å². The van der Waals surface area contributed by atoms with Gasteiger partial charge in [-0.05, 0) is 79.5 Å². The predicted octanol–water partition coefficient (Wildman–Crippen LogP) is 5.24. The predicted molar refractivity (Wildman–Crippen MR) is 160 cm³/mol. The topological polar surface area (TPSA) is 101 Å². The Kier molecular flexibility index (Phi) is 9.88. The van der Waals surface area contributed by atoms with E-state index in [1.807, 2.05) is 35.2 Å². The molecule has 42 heavy (non-hydrogen) atoms. The molecule has 2 saturated heterocycles. The van der Waals surface area contributed by atoms with Crippen LogP contribution in [0.15, 0.2) is 36.5 Å². The molecule has 1 N–H and O–H groups in total. The number of carbonyl (C=O) groups is 2. The van der Waals surface area contributed by atoms with E-state index < -0.39 is 5.97 Å². The average molecular weight is 580 g/mol. The minimum atomic E-state index is -0.765. The third-order valence-corrected chi connectivity index (χ3v) is 8.79. The number of aromatic nitrogens is 1. The van der Waals surface area contributed by atoms with Crippen molar-refractivity contribution in [2.45, 2.75) is 64.4 Å². The Hall–Kier alpha value is -3.33. The van der Waals surface area contributed by atoms with E-state index in [0.29, 0.717) is 55.5 Å². The van der Waals surface area contributed by atoms with E-state index in [-0.39, 0.29) is 24.3 Å². The molecule has 1 aliphatic carbocycles. The van der Waals surface area contributed by atoms with Crippen molar-refractivity contribution in [2.75, 3.05) is 51.4 Å². The zero-order valence-corrected chi connectivity index (χ0v) is 25.2. The van der Waals surface area contributed by atoms with E-state index in [9.17, 15) is 14.7 Å². The second-order valence-electron chi connectivity index (χ2n) is 12.5. The molecule has 2 aromatic rings. The number of carboxylic acids is 1. The summed E-state index contributed by atoms with van der Waals surface area (Å²) in [5.74, 6) is 1.94. The lowest BCUT2D eigenvalue weighted by Crippen LogP contribution is -2.46. The van der Waals surface area contributed by atoms with Gasteiger partial charge in [0.1, 0.15) is 5.75 Å². The van der Waals surface area contributed by atoms with Gasteiger partial charge in [0.15, 0.2) is 0 Å². The van der Waals surface area contributed by atoms with Crippen molar-refractivity contribution >= 4 is 17.6 Å². The van der Waals surface area contributed by atoms with Crippen LogP contribution < -0.4 is 14.4 Å². The molecular weight excluding hydrogens is 534 g/mol. The van der Waals surface area contributed by atoms with Crippen LogP contribution in [-0.4, -0.2) is 79.5 Å². The van der Waals surface area contributed by atoms with Crippen LogP contribution in [0.25, 0.3) is 0 Å². The van der Waals surface area contributed by atoms with E-state index >= 15 is 0 Å². The van der Waals surface area contributed by atoms with Crippen molar-refractivity contribution in [3.05, 3.63) is 47.7 Å². The molecule has 9 heteroatoms. The normalized spacial score (nSPS) is 20.4. The number of benzene rings is 1. The van der Waals surface area contributed by atoms with Crippen molar-refractivity contribution in [2.24, 2.45) is 17.8 Å². The van der Waals surface area contributed by atoms with Crippen LogP contribution in [0, 0.1) is 17.8 Å². The third-order valence-electron chi connectivity index (χ3n) is 8.79. The molecule has 3 heterocycles. The summed E-state index contributed by atoms with van der Waals surface area (Å²) in [7, 11) is 1.65. The molecule has 1 aromatic heterocycles. The second-order valence-corrected chi connectivity index (χ2v) is 12.5. The first-order valence-corrected chi connectivity index (χ1v) is 15.4. The first-order chi connectivity index (χ1) is 20.3. The molecule has 3 fully saturated rings. The molecule has 3 aliphatic rings. The summed E-state index contributed by atoms with van der Waals surface area (Å²) in [4.78, 5) is 33.8. The van der Waals surface area contributed by atoms with Crippen LogP contribution in [-0.2, 0) is 9.53 Å². The molecule has 0 radical (unpaired) electrons. The molecule has 1 aromatic carbocycles. The van der Waals surface area contributed by atoms with Gasteiger partial charge in [0, 0.05) is 44.5 Å². The quantitative estimate of drug-likeness (QED) is 0.364. The van der Waals surface area contributed by atoms with Gasteiger partial charge in [-0.25, -0.2) is 4.98 Å². The van der Waals surface area contributed by atoms with Crippen molar-refractivity contribution in [1.82, 2.24) is 9.88 Å². The number of morpholine rings is 1. The number of anilines is 1. The number of ether oxygens (including phenoxy) is 3. The molecule has 5 rings (SSSR count). The van der Waals surface area contributed by atoms with E-state index in [0.717, 1.165) is 62.2 Å². The third kappa shape index (κ3) is 7.73. The highest BCUT2D eigenvalue weighted by atomic mass is 16.5. The van der Waals surface area contributed by atoms with Gasteiger partial charge in [0.05, 0.1) is 44.1 Å². The van der Waals surface area contributed by atoms with Gasteiger partial charge in [-0.1, -0.05) is 13.8 Å². The number of methoxy groups -OCH3 is 1. The number of hydrogen-bond donors (Lipinski definition) is 1. The molecule has 228 valence electrons. The monoisotopic (exact) mass is 579 g/mol. The molecular formula is C33H45N3O6. The van der Waals surface area contributed by atoms with Crippen LogP contribution in [0.3, 0.4) is 0 Å². The fraction of sp³-hybridized carbons (Fsp3) is 0.606. The first kappa shape index (κ1) is 30.1. The average Bonchev–Trinajstić information content (AvgIpc) is 3.84. The molecule has 1 saturated carbocycles. The number of pyridine rings is 1. The van der Waals surface area contributed by atoms with Gasteiger partial charge in [0.25, 0.3) is 5.91 Å². The number of hydrogen-bond acceptors (Lipinski definition) is 7. The Morgan fingerprint density at radius 3 is 2.57 bits per heavy atom. The molecule has 2 unspecified atom stereocenters. The van der Waals surface area contributed by atoms with E-state index in [1.165, 1.54) is 0 Å². The Labute approximate surface area is 249 Å². The summed E-state index contributed by atoms with van der Waals surface area (Å²) < 4.78 is 17.6. The van der Waals surface area contributed by atoms with Crippen LogP contribution in [0.5, 0.6) is 11.6 Å². The van der Waals surface area contributed by atoms with Crippen molar-refractivity contribution in [3.8, 4) is 11.6 Å². The van der Waals surface area contributed by atoms with E-state index in [2.05, 4.69) is 23.7 Å². The number of nitrogens with zero attached hydrogens (tertiary/aromatic N) is 3.